The molecule has 6 nitrogen and oxygen atoms in total. The summed E-state index contributed by atoms with van der Waals surface area (Å²) < 4.78 is 1.23. The molecule has 1 saturated heterocycles. The van der Waals surface area contributed by atoms with Gasteiger partial charge in [-0.15, -0.1) is 11.3 Å². The van der Waals surface area contributed by atoms with Gasteiger partial charge in [0.25, 0.3) is 0 Å². The van der Waals surface area contributed by atoms with Crippen LogP contribution < -0.4 is 5.32 Å². The number of nitrogens with zero attached hydrogens (tertiary/aromatic N) is 3. The minimum Gasteiger partial charge on any atom is -0.355 e. The first-order valence-electron chi connectivity index (χ1n) is 9.77. The molecule has 27 heavy (non-hydrogen) atoms. The zero-order valence-electron chi connectivity index (χ0n) is 15.9. The molecule has 0 aliphatic carbocycles. The third-order valence-electron chi connectivity index (χ3n) is 4.84. The van der Waals surface area contributed by atoms with Gasteiger partial charge < -0.3 is 10.2 Å². The van der Waals surface area contributed by atoms with Gasteiger partial charge in [0.15, 0.2) is 0 Å². The minimum atomic E-state index is 0.0622. The van der Waals surface area contributed by atoms with E-state index < -0.39 is 0 Å². The van der Waals surface area contributed by atoms with Crippen molar-refractivity contribution in [2.75, 3.05) is 39.3 Å². The molecular weight excluding hydrogens is 360 g/mol. The smallest absolute Gasteiger partial charge is 0.234 e. The van der Waals surface area contributed by atoms with E-state index in [1.54, 1.807) is 11.3 Å². The van der Waals surface area contributed by atoms with Crippen molar-refractivity contribution in [3.8, 4) is 0 Å². The average Bonchev–Trinajstić information content (AvgIpc) is 3.08. The highest BCUT2D eigenvalue weighted by atomic mass is 32.1. The standard InChI is InChI=1S/C20H28N4O2S/c1-2-21-18(25)15-23-11-13-24(14-12-23)20(26)10-6-5-9-19-22-16-7-3-4-8-17(16)27-19/h3-4,7-8H,2,5-6,9-15H2,1H3,(H,21,25). The van der Waals surface area contributed by atoms with Crippen LogP contribution in [0.1, 0.15) is 31.2 Å². The normalized spacial score (nSPS) is 15.2. The number of fused-ring (bicyclic) bond motifs is 1. The number of nitrogens with one attached hydrogen (secondary N) is 1. The second-order valence-corrected chi connectivity index (χ2v) is 8.01. The van der Waals surface area contributed by atoms with Crippen LogP contribution >= 0.6 is 11.3 Å². The van der Waals surface area contributed by atoms with Crippen LogP contribution in [0, 0.1) is 0 Å². The van der Waals surface area contributed by atoms with Crippen molar-refractivity contribution in [1.29, 1.82) is 0 Å². The molecule has 2 amide bonds. The Bertz CT molecular complexity index is 735. The van der Waals surface area contributed by atoms with Gasteiger partial charge in [-0.1, -0.05) is 12.1 Å². The number of aryl methyl sites for hydroxylation is 1. The quantitative estimate of drug-likeness (QED) is 0.705. The Labute approximate surface area is 164 Å². The lowest BCUT2D eigenvalue weighted by Crippen LogP contribution is -2.51. The molecule has 1 aromatic carbocycles. The number of unbranched alkanes of at least 4 members (excludes halogenated alkanes) is 1. The Balaban J connectivity index is 1.33. The molecule has 0 unspecified atom stereocenters. The molecule has 0 spiro atoms. The van der Waals surface area contributed by atoms with Crippen LogP contribution in [-0.2, 0) is 16.0 Å². The maximum absolute atomic E-state index is 12.4. The Morgan fingerprint density at radius 1 is 1.15 bits per heavy atom. The summed E-state index contributed by atoms with van der Waals surface area (Å²) >= 11 is 1.75. The highest BCUT2D eigenvalue weighted by Gasteiger charge is 2.21. The molecule has 0 saturated carbocycles. The number of thiazole rings is 1. The topological polar surface area (TPSA) is 65.5 Å². The van der Waals surface area contributed by atoms with Gasteiger partial charge in [0.2, 0.25) is 11.8 Å². The van der Waals surface area contributed by atoms with Crippen molar-refractivity contribution >= 4 is 33.4 Å². The number of likely N-dealkylation sites (N-methyl/N-ethyl adjacent to an activating group) is 1. The molecule has 1 aliphatic heterocycles. The number of carbonyl (C=O) groups excluding carboxylic acids is 2. The molecule has 1 aromatic heterocycles. The van der Waals surface area contributed by atoms with E-state index in [1.165, 1.54) is 4.70 Å². The molecule has 3 rings (SSSR count). The summed E-state index contributed by atoms with van der Waals surface area (Å²) in [6.07, 6.45) is 3.42. The van der Waals surface area contributed by atoms with E-state index in [-0.39, 0.29) is 11.8 Å². The first-order chi connectivity index (χ1) is 13.2. The number of aromatic nitrogens is 1. The molecule has 0 atom stereocenters. The zero-order chi connectivity index (χ0) is 19.1. The van der Waals surface area contributed by atoms with E-state index in [1.807, 2.05) is 30.0 Å². The van der Waals surface area contributed by atoms with E-state index >= 15 is 0 Å². The molecular formula is C20H28N4O2S. The van der Waals surface area contributed by atoms with E-state index in [0.717, 1.165) is 56.0 Å². The van der Waals surface area contributed by atoms with Crippen LogP contribution in [0.15, 0.2) is 24.3 Å². The van der Waals surface area contributed by atoms with Crippen molar-refractivity contribution in [3.63, 3.8) is 0 Å². The number of piperazine rings is 1. The summed E-state index contributed by atoms with van der Waals surface area (Å²) in [4.78, 5) is 32.7. The van der Waals surface area contributed by atoms with Crippen molar-refractivity contribution in [3.05, 3.63) is 29.3 Å². The fourth-order valence-electron chi connectivity index (χ4n) is 3.35. The van der Waals surface area contributed by atoms with Gasteiger partial charge in [0, 0.05) is 39.1 Å². The fourth-order valence-corrected chi connectivity index (χ4v) is 4.36. The molecule has 2 heterocycles. The maximum atomic E-state index is 12.4. The Morgan fingerprint density at radius 2 is 1.93 bits per heavy atom. The average molecular weight is 389 g/mol. The Hall–Kier alpha value is -1.99. The highest BCUT2D eigenvalue weighted by molar-refractivity contribution is 7.18. The molecule has 7 heteroatoms. The third kappa shape index (κ3) is 5.74. The van der Waals surface area contributed by atoms with Gasteiger partial charge in [0.1, 0.15) is 0 Å². The molecule has 0 bridgehead atoms. The van der Waals surface area contributed by atoms with Crippen LogP contribution in [0.5, 0.6) is 0 Å². The van der Waals surface area contributed by atoms with Crippen LogP contribution in [0.4, 0.5) is 0 Å². The number of para-hydroxylation sites is 1. The Kier molecular flexibility index (Phi) is 7.18. The van der Waals surface area contributed by atoms with Gasteiger partial charge in [-0.2, -0.15) is 0 Å². The summed E-state index contributed by atoms with van der Waals surface area (Å²) in [6.45, 7) is 5.99. The van der Waals surface area contributed by atoms with Gasteiger partial charge in [-0.3, -0.25) is 14.5 Å². The highest BCUT2D eigenvalue weighted by Crippen LogP contribution is 2.23. The summed E-state index contributed by atoms with van der Waals surface area (Å²) in [5, 5.41) is 3.97. The summed E-state index contributed by atoms with van der Waals surface area (Å²) in [5.74, 6) is 0.295. The van der Waals surface area contributed by atoms with Crippen molar-refractivity contribution < 1.29 is 9.59 Å². The van der Waals surface area contributed by atoms with Gasteiger partial charge in [-0.25, -0.2) is 4.98 Å². The lowest BCUT2D eigenvalue weighted by atomic mass is 10.1. The lowest BCUT2D eigenvalue weighted by molar-refractivity contribution is -0.133. The molecule has 1 N–H and O–H groups in total. The van der Waals surface area contributed by atoms with Gasteiger partial charge in [0.05, 0.1) is 21.8 Å². The van der Waals surface area contributed by atoms with E-state index in [0.29, 0.717) is 19.5 Å². The van der Waals surface area contributed by atoms with Crippen LogP contribution in [-0.4, -0.2) is 65.9 Å². The Morgan fingerprint density at radius 3 is 2.67 bits per heavy atom. The molecule has 2 aromatic rings. The van der Waals surface area contributed by atoms with Crippen molar-refractivity contribution in [2.24, 2.45) is 0 Å². The summed E-state index contributed by atoms with van der Waals surface area (Å²) in [5.41, 5.74) is 1.07. The minimum absolute atomic E-state index is 0.0622. The molecule has 0 radical (unpaired) electrons. The van der Waals surface area contributed by atoms with Crippen LogP contribution in [0.3, 0.4) is 0 Å². The van der Waals surface area contributed by atoms with E-state index in [4.69, 9.17) is 0 Å². The van der Waals surface area contributed by atoms with E-state index in [2.05, 4.69) is 21.3 Å². The van der Waals surface area contributed by atoms with Gasteiger partial charge in [-0.05, 0) is 38.3 Å². The largest absolute Gasteiger partial charge is 0.355 e. The lowest BCUT2D eigenvalue weighted by Gasteiger charge is -2.34. The number of amides is 2. The SMILES string of the molecule is CCNC(=O)CN1CCN(C(=O)CCCCc2nc3ccccc3s2)CC1. The molecule has 1 aliphatic rings. The summed E-state index contributed by atoms with van der Waals surface area (Å²) in [6, 6.07) is 8.20. The monoisotopic (exact) mass is 388 g/mol. The number of hydrogen-bond acceptors (Lipinski definition) is 5. The third-order valence-corrected chi connectivity index (χ3v) is 5.93. The maximum Gasteiger partial charge on any atom is 0.234 e. The van der Waals surface area contributed by atoms with E-state index in [9.17, 15) is 9.59 Å². The van der Waals surface area contributed by atoms with Crippen LogP contribution in [0.25, 0.3) is 10.2 Å². The van der Waals surface area contributed by atoms with Gasteiger partial charge >= 0.3 is 0 Å². The first-order valence-corrected chi connectivity index (χ1v) is 10.6. The van der Waals surface area contributed by atoms with Crippen molar-refractivity contribution in [1.82, 2.24) is 20.1 Å². The zero-order valence-corrected chi connectivity index (χ0v) is 16.8. The number of rotatable bonds is 8. The predicted octanol–water partition coefficient (Wildman–Crippen LogP) is 2.29. The first kappa shape index (κ1) is 19.8. The van der Waals surface area contributed by atoms with Crippen molar-refractivity contribution in [2.45, 2.75) is 32.6 Å². The number of hydrogen-bond donors (Lipinski definition) is 1. The fraction of sp³-hybridized carbons (Fsp3) is 0.550. The number of carbonyl (C=O) groups is 2. The second-order valence-electron chi connectivity index (χ2n) is 6.89. The van der Waals surface area contributed by atoms with Crippen LogP contribution in [0.2, 0.25) is 0 Å². The molecule has 146 valence electrons. The summed E-state index contributed by atoms with van der Waals surface area (Å²) in [7, 11) is 0. The second kappa shape index (κ2) is 9.80. The molecule has 1 fully saturated rings. The predicted molar refractivity (Wildman–Crippen MR) is 109 cm³/mol. The number of benzene rings is 1.